The summed E-state index contributed by atoms with van der Waals surface area (Å²) in [6.45, 7) is 11.0. The first-order chi connectivity index (χ1) is 20.8. The van der Waals surface area contributed by atoms with Gasteiger partial charge in [0.1, 0.15) is 11.7 Å². The summed E-state index contributed by atoms with van der Waals surface area (Å²) in [6, 6.07) is 0. The smallest absolute Gasteiger partial charge is 0.306 e. The summed E-state index contributed by atoms with van der Waals surface area (Å²) in [4.78, 5) is 40.8. The van der Waals surface area contributed by atoms with Gasteiger partial charge in [0, 0.05) is 30.1 Å². The molecular weight excluding hydrogens is 560 g/mol. The van der Waals surface area contributed by atoms with Gasteiger partial charge in [-0.2, -0.15) is 0 Å². The quantitative estimate of drug-likeness (QED) is 0.120. The first-order valence-electron chi connectivity index (χ1n) is 17.2. The van der Waals surface area contributed by atoms with Gasteiger partial charge >= 0.3 is 11.9 Å². The fourth-order valence-corrected chi connectivity index (χ4v) is 9.12. The molecule has 0 unspecified atom stereocenters. The van der Waals surface area contributed by atoms with Crippen molar-refractivity contribution in [3.05, 3.63) is 23.3 Å². The highest BCUT2D eigenvalue weighted by molar-refractivity contribution is 5.96. The molecular formula is C36H56O8. The average Bonchev–Trinajstić information content (AvgIpc) is 3.37. The molecule has 0 aliphatic heterocycles. The number of fused-ring (bicyclic) bond motifs is 3. The van der Waals surface area contributed by atoms with Gasteiger partial charge in [-0.15, -0.1) is 0 Å². The molecule has 0 aromatic carbocycles. The fourth-order valence-electron chi connectivity index (χ4n) is 9.12. The van der Waals surface area contributed by atoms with Gasteiger partial charge in [0.05, 0.1) is 12.0 Å². The second-order valence-corrected chi connectivity index (χ2v) is 14.6. The Morgan fingerprint density at radius 3 is 2.16 bits per heavy atom. The summed E-state index contributed by atoms with van der Waals surface area (Å²) in [5.74, 6) is -2.87. The third-order valence-corrected chi connectivity index (χ3v) is 11.5. The van der Waals surface area contributed by atoms with E-state index in [0.717, 1.165) is 19.3 Å². The van der Waals surface area contributed by atoms with Crippen LogP contribution in [0.5, 0.6) is 0 Å². The minimum Gasteiger partial charge on any atom is -0.458 e. The molecule has 2 bridgehead atoms. The van der Waals surface area contributed by atoms with E-state index >= 15 is 0 Å². The highest BCUT2D eigenvalue weighted by atomic mass is 16.6. The van der Waals surface area contributed by atoms with Gasteiger partial charge in [-0.05, 0) is 43.3 Å². The Bertz CT molecular complexity index is 1150. The summed E-state index contributed by atoms with van der Waals surface area (Å²) in [6.07, 6.45) is 12.0. The topological polar surface area (TPSA) is 130 Å². The first-order valence-corrected chi connectivity index (χ1v) is 17.2. The van der Waals surface area contributed by atoms with E-state index in [1.165, 1.54) is 38.5 Å². The van der Waals surface area contributed by atoms with Crippen molar-refractivity contribution in [2.45, 2.75) is 148 Å². The van der Waals surface area contributed by atoms with Crippen molar-refractivity contribution in [1.82, 2.24) is 0 Å². The number of aliphatic hydroxyl groups excluding tert-OH is 2. The van der Waals surface area contributed by atoms with Gasteiger partial charge in [0.15, 0.2) is 17.5 Å². The molecule has 8 atom stereocenters. The zero-order chi connectivity index (χ0) is 32.5. The molecule has 0 aromatic heterocycles. The van der Waals surface area contributed by atoms with E-state index in [-0.39, 0.29) is 29.7 Å². The number of ketones is 1. The monoisotopic (exact) mass is 616 g/mol. The predicted octanol–water partition coefficient (Wildman–Crippen LogP) is 5.75. The van der Waals surface area contributed by atoms with Crippen molar-refractivity contribution in [2.24, 2.45) is 28.6 Å². The lowest BCUT2D eigenvalue weighted by molar-refractivity contribution is -0.204. The third kappa shape index (κ3) is 5.51. The zero-order valence-electron chi connectivity index (χ0n) is 27.8. The highest BCUT2D eigenvalue weighted by Crippen LogP contribution is 2.75. The fraction of sp³-hybridized carbons (Fsp3) is 0.806. The largest absolute Gasteiger partial charge is 0.458 e. The molecule has 8 heteroatoms. The third-order valence-electron chi connectivity index (χ3n) is 11.5. The lowest BCUT2D eigenvalue weighted by Crippen LogP contribution is -2.66. The van der Waals surface area contributed by atoms with Crippen molar-refractivity contribution in [1.29, 1.82) is 0 Å². The minimum atomic E-state index is -2.22. The van der Waals surface area contributed by atoms with Gasteiger partial charge < -0.3 is 24.8 Å². The molecule has 248 valence electrons. The molecule has 0 aromatic rings. The molecule has 44 heavy (non-hydrogen) atoms. The van der Waals surface area contributed by atoms with Crippen LogP contribution in [0.25, 0.3) is 0 Å². The molecule has 0 radical (unpaired) electrons. The van der Waals surface area contributed by atoms with E-state index < -0.39 is 58.7 Å². The Hall–Kier alpha value is -2.03. The zero-order valence-corrected chi connectivity index (χ0v) is 27.8. The van der Waals surface area contributed by atoms with Crippen LogP contribution in [0.2, 0.25) is 0 Å². The average molecular weight is 617 g/mol. The highest BCUT2D eigenvalue weighted by Gasteiger charge is 2.83. The van der Waals surface area contributed by atoms with Crippen LogP contribution in [-0.4, -0.2) is 63.1 Å². The summed E-state index contributed by atoms with van der Waals surface area (Å²) in [5.41, 5.74) is -4.70. The van der Waals surface area contributed by atoms with Crippen molar-refractivity contribution in [3.63, 3.8) is 0 Å². The number of unbranched alkanes of at least 4 members (excludes halogenated alkanes) is 8. The van der Waals surface area contributed by atoms with Gasteiger partial charge in [-0.1, -0.05) is 98.1 Å². The number of ether oxygens (including phenoxy) is 2. The van der Waals surface area contributed by atoms with E-state index in [1.807, 2.05) is 27.7 Å². The summed E-state index contributed by atoms with van der Waals surface area (Å²) < 4.78 is 12.2. The van der Waals surface area contributed by atoms with Crippen molar-refractivity contribution < 1.29 is 39.2 Å². The maximum atomic E-state index is 14.8. The molecule has 0 saturated heterocycles. The number of Topliss-reactive ketones (excluding diaryl/α,β-unsaturated/α-hetero) is 1. The molecule has 4 rings (SSSR count). The van der Waals surface area contributed by atoms with E-state index in [9.17, 15) is 29.7 Å². The van der Waals surface area contributed by atoms with Crippen LogP contribution in [0.3, 0.4) is 0 Å². The Kier molecular flexibility index (Phi) is 10.6. The van der Waals surface area contributed by atoms with Crippen LogP contribution in [0.15, 0.2) is 23.3 Å². The predicted molar refractivity (Wildman–Crippen MR) is 167 cm³/mol. The summed E-state index contributed by atoms with van der Waals surface area (Å²) >= 11 is 0. The second-order valence-electron chi connectivity index (χ2n) is 14.6. The second kappa shape index (κ2) is 13.4. The number of esters is 2. The van der Waals surface area contributed by atoms with Crippen LogP contribution in [0.1, 0.15) is 125 Å². The van der Waals surface area contributed by atoms with Gasteiger partial charge in [0.2, 0.25) is 0 Å². The number of allylic oxidation sites excluding steroid dienone is 1. The lowest BCUT2D eigenvalue weighted by atomic mass is 9.59. The van der Waals surface area contributed by atoms with E-state index in [1.54, 1.807) is 19.1 Å². The van der Waals surface area contributed by atoms with E-state index in [0.29, 0.717) is 24.8 Å². The van der Waals surface area contributed by atoms with E-state index in [4.69, 9.17) is 9.47 Å². The van der Waals surface area contributed by atoms with Crippen LogP contribution in [0, 0.1) is 28.6 Å². The van der Waals surface area contributed by atoms with Gasteiger partial charge in [-0.25, -0.2) is 0 Å². The maximum absolute atomic E-state index is 14.8. The van der Waals surface area contributed by atoms with Gasteiger partial charge in [-0.3, -0.25) is 14.4 Å². The van der Waals surface area contributed by atoms with E-state index in [2.05, 4.69) is 6.92 Å². The number of hydrogen-bond donors (Lipinski definition) is 3. The molecule has 0 heterocycles. The van der Waals surface area contributed by atoms with Crippen molar-refractivity contribution in [2.75, 3.05) is 6.61 Å². The molecule has 2 fully saturated rings. The Morgan fingerprint density at radius 1 is 0.955 bits per heavy atom. The molecule has 2 saturated carbocycles. The molecule has 0 amide bonds. The molecule has 4 aliphatic carbocycles. The van der Waals surface area contributed by atoms with Crippen LogP contribution in [0.4, 0.5) is 0 Å². The Labute approximate surface area is 263 Å². The minimum absolute atomic E-state index is 0.110. The Balaban J connectivity index is 1.58. The molecule has 3 N–H and O–H groups in total. The molecule has 8 nitrogen and oxygen atoms in total. The first kappa shape index (κ1) is 34.8. The Morgan fingerprint density at radius 2 is 1.57 bits per heavy atom. The maximum Gasteiger partial charge on any atom is 0.306 e. The van der Waals surface area contributed by atoms with Crippen molar-refractivity contribution in [3.8, 4) is 0 Å². The van der Waals surface area contributed by atoms with Crippen LogP contribution < -0.4 is 0 Å². The summed E-state index contributed by atoms with van der Waals surface area (Å²) in [7, 11) is 0. The number of hydrogen-bond acceptors (Lipinski definition) is 8. The van der Waals surface area contributed by atoms with Crippen LogP contribution >= 0.6 is 0 Å². The molecule has 4 aliphatic rings. The number of aliphatic hydroxyl groups is 3. The van der Waals surface area contributed by atoms with Gasteiger partial charge in [0.25, 0.3) is 0 Å². The molecule has 1 spiro atoms. The SMILES string of the molecule is CCCCCCCCCCCC(=O)O[C@@]12C[C@@H](C)[C@]34C=C(C)[C@H](OC(=O)CCC)[C@@]3(O)[C@H](O)C(CO)=C[C@H](C4=O)[C@@H]1C2(C)C. The summed E-state index contributed by atoms with van der Waals surface area (Å²) in [5, 5.41) is 34.6. The normalized spacial score (nSPS) is 36.8. The van der Waals surface area contributed by atoms with Crippen LogP contribution in [-0.2, 0) is 23.9 Å². The lowest BCUT2D eigenvalue weighted by Gasteiger charge is -2.49. The number of rotatable bonds is 15. The standard InChI is InChI=1S/C36H56O8/c1-7-9-10-11-12-13-14-15-16-18-28(39)44-35-21-24(4)34-20-23(3)32(43-27(38)17-8-2)36(34,42)30(40)25(22-37)19-26(31(34)41)29(35)33(35,5)6/h19-20,24,26,29-30,32,37,40,42H,7-18,21-22H2,1-6H3/t24-,26+,29-,30-,32+,34+,35+,36+/m1/s1. The number of carbonyl (C=O) groups is 3. The number of carbonyl (C=O) groups excluding carboxylic acids is 3. The van der Waals surface area contributed by atoms with Crippen molar-refractivity contribution >= 4 is 17.7 Å².